The highest BCUT2D eigenvalue weighted by Gasteiger charge is 2.20. The number of aryl methyl sites for hydroxylation is 1. The number of carbonyl (C=O) groups excluding carboxylic acids is 2. The summed E-state index contributed by atoms with van der Waals surface area (Å²) in [7, 11) is 0. The van der Waals surface area contributed by atoms with Crippen LogP contribution in [0.4, 0.5) is 0 Å². The molecule has 1 rings (SSSR count). The van der Waals surface area contributed by atoms with Gasteiger partial charge in [-0.25, -0.2) is 0 Å². The zero-order valence-corrected chi connectivity index (χ0v) is 17.3. The summed E-state index contributed by atoms with van der Waals surface area (Å²) < 4.78 is 5.73. The Morgan fingerprint density at radius 1 is 0.962 bits per heavy atom. The van der Waals surface area contributed by atoms with Crippen molar-refractivity contribution in [1.82, 2.24) is 10.6 Å². The lowest BCUT2D eigenvalue weighted by Gasteiger charge is -2.23. The molecule has 0 radical (unpaired) electrons. The number of benzene rings is 1. The van der Waals surface area contributed by atoms with Crippen LogP contribution in [0, 0.1) is 12.3 Å². The maximum Gasteiger partial charge on any atom is 0.258 e. The van der Waals surface area contributed by atoms with E-state index in [0.717, 1.165) is 16.9 Å². The van der Waals surface area contributed by atoms with Gasteiger partial charge < -0.3 is 15.4 Å². The van der Waals surface area contributed by atoms with Crippen LogP contribution in [0.3, 0.4) is 0 Å². The van der Waals surface area contributed by atoms with E-state index in [1.165, 1.54) is 0 Å². The quantitative estimate of drug-likeness (QED) is 0.731. The van der Waals surface area contributed by atoms with Crippen molar-refractivity contribution in [3.63, 3.8) is 0 Å². The zero-order valence-electron chi connectivity index (χ0n) is 17.3. The SMILES string of the molecule is Cc1ccc(OCC(=O)NCCNC(=O)CC(C)(C)C)c(C(C)(C)C)c1. The van der Waals surface area contributed by atoms with Gasteiger partial charge >= 0.3 is 0 Å². The first-order valence-corrected chi connectivity index (χ1v) is 9.16. The number of ether oxygens (including phenoxy) is 1. The van der Waals surface area contributed by atoms with Crippen LogP contribution in [0.1, 0.15) is 59.1 Å². The van der Waals surface area contributed by atoms with E-state index >= 15 is 0 Å². The number of hydrogen-bond donors (Lipinski definition) is 2. The molecule has 0 unspecified atom stereocenters. The van der Waals surface area contributed by atoms with Crippen molar-refractivity contribution in [2.45, 2.75) is 60.3 Å². The Labute approximate surface area is 157 Å². The minimum atomic E-state index is -0.199. The van der Waals surface area contributed by atoms with Gasteiger partial charge in [0.05, 0.1) is 0 Å². The summed E-state index contributed by atoms with van der Waals surface area (Å²) in [4.78, 5) is 23.7. The van der Waals surface area contributed by atoms with Gasteiger partial charge in [0.2, 0.25) is 5.91 Å². The van der Waals surface area contributed by atoms with Gasteiger partial charge in [-0.3, -0.25) is 9.59 Å². The maximum atomic E-state index is 12.0. The van der Waals surface area contributed by atoms with Gasteiger partial charge in [0.25, 0.3) is 5.91 Å². The summed E-state index contributed by atoms with van der Waals surface area (Å²) in [5.41, 5.74) is 2.15. The Balaban J connectivity index is 2.41. The third kappa shape index (κ3) is 8.37. The third-order valence-corrected chi connectivity index (χ3v) is 3.76. The second-order valence-corrected chi connectivity index (χ2v) is 8.98. The number of rotatable bonds is 7. The molecule has 0 bridgehead atoms. The van der Waals surface area contributed by atoms with Crippen molar-refractivity contribution < 1.29 is 14.3 Å². The number of nitrogens with one attached hydrogen (secondary N) is 2. The monoisotopic (exact) mass is 362 g/mol. The average Bonchev–Trinajstić information content (AvgIpc) is 2.47. The van der Waals surface area contributed by atoms with Crippen molar-refractivity contribution in [1.29, 1.82) is 0 Å². The highest BCUT2D eigenvalue weighted by atomic mass is 16.5. The highest BCUT2D eigenvalue weighted by Crippen LogP contribution is 2.32. The van der Waals surface area contributed by atoms with Gasteiger partial charge in [0.1, 0.15) is 5.75 Å². The summed E-state index contributed by atoms with van der Waals surface area (Å²) in [6.07, 6.45) is 0.465. The minimum absolute atomic E-state index is 0.00234. The number of hydrogen-bond acceptors (Lipinski definition) is 3. The fourth-order valence-corrected chi connectivity index (χ4v) is 2.50. The standard InChI is InChI=1S/C21H34N2O3/c1-15-8-9-17(16(12-15)21(5,6)7)26-14-19(25)23-11-10-22-18(24)13-20(2,3)4/h8-9,12H,10-11,13-14H2,1-7H3,(H,22,24)(H,23,25). The summed E-state index contributed by atoms with van der Waals surface area (Å²) in [5.74, 6) is 0.532. The highest BCUT2D eigenvalue weighted by molar-refractivity contribution is 5.78. The predicted octanol–water partition coefficient (Wildman–Crippen LogP) is 3.34. The molecule has 2 amide bonds. The molecule has 146 valence electrons. The molecule has 2 N–H and O–H groups in total. The molecule has 0 aliphatic heterocycles. The van der Waals surface area contributed by atoms with E-state index in [0.29, 0.717) is 19.5 Å². The molecule has 0 saturated carbocycles. The van der Waals surface area contributed by atoms with Crippen LogP contribution in [0.15, 0.2) is 18.2 Å². The molecule has 5 heteroatoms. The summed E-state index contributed by atoms with van der Waals surface area (Å²) in [5, 5.41) is 5.57. The molecule has 0 aliphatic carbocycles. The van der Waals surface area contributed by atoms with Gasteiger partial charge in [-0.1, -0.05) is 59.2 Å². The van der Waals surface area contributed by atoms with E-state index < -0.39 is 0 Å². The second kappa shape index (κ2) is 9.06. The van der Waals surface area contributed by atoms with E-state index in [1.807, 2.05) is 39.8 Å². The predicted molar refractivity (Wildman–Crippen MR) is 105 cm³/mol. The number of amides is 2. The van der Waals surface area contributed by atoms with E-state index in [9.17, 15) is 9.59 Å². The minimum Gasteiger partial charge on any atom is -0.483 e. The van der Waals surface area contributed by atoms with Gasteiger partial charge in [0, 0.05) is 19.5 Å². The van der Waals surface area contributed by atoms with Crippen LogP contribution in [0.2, 0.25) is 0 Å². The molecule has 0 aliphatic rings. The molecule has 1 aromatic carbocycles. The summed E-state index contributed by atoms with van der Waals surface area (Å²) in [6, 6.07) is 5.99. The van der Waals surface area contributed by atoms with Crippen molar-refractivity contribution in [2.75, 3.05) is 19.7 Å². The fraction of sp³-hybridized carbons (Fsp3) is 0.619. The zero-order chi connectivity index (χ0) is 20.0. The van der Waals surface area contributed by atoms with Crippen molar-refractivity contribution in [3.8, 4) is 5.75 Å². The van der Waals surface area contributed by atoms with E-state index in [-0.39, 0.29) is 29.3 Å². The molecular weight excluding hydrogens is 328 g/mol. The molecular formula is C21H34N2O3. The van der Waals surface area contributed by atoms with E-state index in [1.54, 1.807) is 0 Å². The Morgan fingerprint density at radius 2 is 1.54 bits per heavy atom. The molecule has 1 aromatic rings. The van der Waals surface area contributed by atoms with Crippen molar-refractivity contribution >= 4 is 11.8 Å². The Hall–Kier alpha value is -2.04. The fourth-order valence-electron chi connectivity index (χ4n) is 2.50. The molecule has 0 atom stereocenters. The molecule has 0 spiro atoms. The van der Waals surface area contributed by atoms with Gasteiger partial charge in [-0.2, -0.15) is 0 Å². The lowest BCUT2D eigenvalue weighted by molar-refractivity contribution is -0.124. The summed E-state index contributed by atoms with van der Waals surface area (Å²) >= 11 is 0. The summed E-state index contributed by atoms with van der Waals surface area (Å²) in [6.45, 7) is 15.2. The molecule has 0 saturated heterocycles. The molecule has 26 heavy (non-hydrogen) atoms. The van der Waals surface area contributed by atoms with Crippen LogP contribution in [0.5, 0.6) is 5.75 Å². The van der Waals surface area contributed by atoms with E-state index in [4.69, 9.17) is 4.74 Å². The maximum absolute atomic E-state index is 12.0. The Morgan fingerprint density at radius 3 is 2.08 bits per heavy atom. The smallest absolute Gasteiger partial charge is 0.258 e. The Bertz CT molecular complexity index is 625. The van der Waals surface area contributed by atoms with Crippen LogP contribution < -0.4 is 15.4 Å². The van der Waals surface area contributed by atoms with Crippen LogP contribution >= 0.6 is 0 Å². The second-order valence-electron chi connectivity index (χ2n) is 8.98. The lowest BCUT2D eigenvalue weighted by Crippen LogP contribution is -2.37. The first-order chi connectivity index (χ1) is 11.9. The van der Waals surface area contributed by atoms with Crippen molar-refractivity contribution in [2.24, 2.45) is 5.41 Å². The van der Waals surface area contributed by atoms with Gasteiger partial charge in [-0.05, 0) is 29.4 Å². The average molecular weight is 363 g/mol. The van der Waals surface area contributed by atoms with Gasteiger partial charge in [-0.15, -0.1) is 0 Å². The van der Waals surface area contributed by atoms with Crippen LogP contribution in [-0.2, 0) is 15.0 Å². The first-order valence-electron chi connectivity index (χ1n) is 9.16. The Kier molecular flexibility index (Phi) is 7.67. The van der Waals surface area contributed by atoms with Gasteiger partial charge in [0.15, 0.2) is 6.61 Å². The molecule has 0 aromatic heterocycles. The van der Waals surface area contributed by atoms with E-state index in [2.05, 4.69) is 37.5 Å². The molecule has 0 heterocycles. The third-order valence-electron chi connectivity index (χ3n) is 3.76. The van der Waals surface area contributed by atoms with Crippen molar-refractivity contribution in [3.05, 3.63) is 29.3 Å². The number of carbonyl (C=O) groups is 2. The van der Waals surface area contributed by atoms with Crippen LogP contribution in [0.25, 0.3) is 0 Å². The first kappa shape index (κ1) is 22.0. The normalized spacial score (nSPS) is 11.8. The largest absolute Gasteiger partial charge is 0.483 e. The molecule has 5 nitrogen and oxygen atoms in total. The molecule has 0 fully saturated rings. The topological polar surface area (TPSA) is 67.4 Å². The van der Waals surface area contributed by atoms with Crippen LogP contribution in [-0.4, -0.2) is 31.5 Å². The lowest BCUT2D eigenvalue weighted by atomic mass is 9.85.